The van der Waals surface area contributed by atoms with Gasteiger partial charge in [0.05, 0.1) is 19.7 Å². The standard InChI is InChI=1S/C20H21N3O3/c1-4-5-16(24)14-11-15-20(21-12-14)23-19(22-15)9-7-13-6-8-17(25-2)18(10-13)26-3/h4-6,8,10-12,24H,1,7,9H2,2-3H3,(H,21,22,23)/b16-5-. The number of aliphatic hydroxyl groups is 1. The number of nitrogens with zero attached hydrogens (tertiary/aromatic N) is 2. The van der Waals surface area contributed by atoms with Crippen LogP contribution in [0, 0.1) is 0 Å². The van der Waals surface area contributed by atoms with Gasteiger partial charge < -0.3 is 19.6 Å². The van der Waals surface area contributed by atoms with Crippen molar-refractivity contribution in [2.24, 2.45) is 0 Å². The van der Waals surface area contributed by atoms with Gasteiger partial charge in [0.1, 0.15) is 11.6 Å². The summed E-state index contributed by atoms with van der Waals surface area (Å²) in [6.07, 6.45) is 6.18. The van der Waals surface area contributed by atoms with Gasteiger partial charge in [-0.2, -0.15) is 0 Å². The minimum atomic E-state index is 0.121. The monoisotopic (exact) mass is 351 g/mol. The predicted octanol–water partition coefficient (Wildman–Crippen LogP) is 3.85. The lowest BCUT2D eigenvalue weighted by Crippen LogP contribution is -1.96. The minimum Gasteiger partial charge on any atom is -0.507 e. The molecule has 0 saturated heterocycles. The van der Waals surface area contributed by atoms with E-state index in [0.29, 0.717) is 22.7 Å². The van der Waals surface area contributed by atoms with Gasteiger partial charge in [-0.25, -0.2) is 9.97 Å². The molecule has 3 aromatic rings. The fraction of sp³-hybridized carbons (Fsp3) is 0.200. The number of allylic oxidation sites excluding steroid dienone is 2. The molecule has 0 aliphatic heterocycles. The summed E-state index contributed by atoms with van der Waals surface area (Å²) >= 11 is 0. The van der Waals surface area contributed by atoms with Crippen LogP contribution in [0.3, 0.4) is 0 Å². The summed E-state index contributed by atoms with van der Waals surface area (Å²) in [5.41, 5.74) is 3.16. The number of hydrogen-bond donors (Lipinski definition) is 2. The molecule has 2 aromatic heterocycles. The van der Waals surface area contributed by atoms with Crippen molar-refractivity contribution >= 4 is 16.9 Å². The normalized spacial score (nSPS) is 11.5. The molecule has 3 rings (SSSR count). The van der Waals surface area contributed by atoms with Crippen LogP contribution in [0.2, 0.25) is 0 Å². The van der Waals surface area contributed by atoms with Gasteiger partial charge in [0, 0.05) is 18.2 Å². The van der Waals surface area contributed by atoms with Gasteiger partial charge in [-0.3, -0.25) is 0 Å². The Morgan fingerprint density at radius 1 is 1.19 bits per heavy atom. The lowest BCUT2D eigenvalue weighted by molar-refractivity contribution is 0.354. The molecule has 0 fully saturated rings. The Morgan fingerprint density at radius 2 is 2.00 bits per heavy atom. The van der Waals surface area contributed by atoms with Gasteiger partial charge in [-0.15, -0.1) is 0 Å². The minimum absolute atomic E-state index is 0.121. The Balaban J connectivity index is 1.77. The molecule has 6 heteroatoms. The molecule has 134 valence electrons. The number of aryl methyl sites for hydroxylation is 2. The maximum atomic E-state index is 9.92. The van der Waals surface area contributed by atoms with Gasteiger partial charge in [0.2, 0.25) is 0 Å². The molecular formula is C20H21N3O3. The average molecular weight is 351 g/mol. The van der Waals surface area contributed by atoms with Crippen molar-refractivity contribution in [3.8, 4) is 11.5 Å². The summed E-state index contributed by atoms with van der Waals surface area (Å²) in [6, 6.07) is 7.70. The van der Waals surface area contributed by atoms with Gasteiger partial charge in [-0.1, -0.05) is 18.7 Å². The zero-order valence-electron chi connectivity index (χ0n) is 14.8. The quantitative estimate of drug-likeness (QED) is 0.499. The van der Waals surface area contributed by atoms with E-state index in [9.17, 15) is 5.11 Å². The lowest BCUT2D eigenvalue weighted by atomic mass is 10.1. The van der Waals surface area contributed by atoms with E-state index in [-0.39, 0.29) is 5.76 Å². The Hall–Kier alpha value is -3.28. The molecule has 0 bridgehead atoms. The van der Waals surface area contributed by atoms with Crippen molar-refractivity contribution in [1.82, 2.24) is 15.0 Å². The van der Waals surface area contributed by atoms with Crippen molar-refractivity contribution in [1.29, 1.82) is 0 Å². The number of ether oxygens (including phenoxy) is 2. The number of methoxy groups -OCH3 is 2. The second kappa shape index (κ2) is 7.74. The third-order valence-electron chi connectivity index (χ3n) is 4.06. The molecule has 6 nitrogen and oxygen atoms in total. The van der Waals surface area contributed by atoms with Crippen molar-refractivity contribution in [2.75, 3.05) is 14.2 Å². The first kappa shape index (κ1) is 17.5. The van der Waals surface area contributed by atoms with E-state index >= 15 is 0 Å². The van der Waals surface area contributed by atoms with Crippen LogP contribution in [0.5, 0.6) is 11.5 Å². The first-order valence-corrected chi connectivity index (χ1v) is 8.22. The molecule has 0 unspecified atom stereocenters. The molecule has 2 heterocycles. The SMILES string of the molecule is C=C/C=C(\O)c1cnc2nc(CCc3ccc(OC)c(OC)c3)[nH]c2c1. The maximum absolute atomic E-state index is 9.92. The third kappa shape index (κ3) is 3.69. The molecule has 0 aliphatic rings. The fourth-order valence-corrected chi connectivity index (χ4v) is 2.72. The number of aromatic amines is 1. The number of hydrogen-bond acceptors (Lipinski definition) is 5. The van der Waals surface area contributed by atoms with E-state index in [1.54, 1.807) is 20.4 Å². The van der Waals surface area contributed by atoms with Crippen LogP contribution < -0.4 is 9.47 Å². The lowest BCUT2D eigenvalue weighted by Gasteiger charge is -2.09. The highest BCUT2D eigenvalue weighted by Crippen LogP contribution is 2.28. The van der Waals surface area contributed by atoms with E-state index in [2.05, 4.69) is 21.5 Å². The van der Waals surface area contributed by atoms with Crippen LogP contribution in [0.4, 0.5) is 0 Å². The average Bonchev–Trinajstić information content (AvgIpc) is 3.08. The Bertz CT molecular complexity index is 960. The molecule has 2 N–H and O–H groups in total. The van der Waals surface area contributed by atoms with Crippen molar-refractivity contribution in [2.45, 2.75) is 12.8 Å². The van der Waals surface area contributed by atoms with Crippen LogP contribution in [-0.4, -0.2) is 34.3 Å². The van der Waals surface area contributed by atoms with Crippen LogP contribution >= 0.6 is 0 Å². The molecule has 0 amide bonds. The van der Waals surface area contributed by atoms with E-state index in [1.807, 2.05) is 24.3 Å². The highest BCUT2D eigenvalue weighted by Gasteiger charge is 2.09. The van der Waals surface area contributed by atoms with Crippen LogP contribution in [0.25, 0.3) is 16.9 Å². The molecule has 0 saturated carbocycles. The topological polar surface area (TPSA) is 80.3 Å². The Kier molecular flexibility index (Phi) is 5.22. The predicted molar refractivity (Wildman–Crippen MR) is 102 cm³/mol. The second-order valence-electron chi connectivity index (χ2n) is 5.76. The number of nitrogens with one attached hydrogen (secondary N) is 1. The Morgan fingerprint density at radius 3 is 2.73 bits per heavy atom. The summed E-state index contributed by atoms with van der Waals surface area (Å²) in [6.45, 7) is 3.58. The fourth-order valence-electron chi connectivity index (χ4n) is 2.72. The van der Waals surface area contributed by atoms with Gasteiger partial charge in [-0.05, 0) is 36.3 Å². The largest absolute Gasteiger partial charge is 0.507 e. The second-order valence-corrected chi connectivity index (χ2v) is 5.76. The first-order valence-electron chi connectivity index (χ1n) is 8.22. The highest BCUT2D eigenvalue weighted by atomic mass is 16.5. The van der Waals surface area contributed by atoms with Crippen molar-refractivity contribution in [3.05, 3.63) is 66.1 Å². The maximum Gasteiger partial charge on any atom is 0.177 e. The van der Waals surface area contributed by atoms with E-state index in [4.69, 9.17) is 9.47 Å². The third-order valence-corrected chi connectivity index (χ3v) is 4.06. The van der Waals surface area contributed by atoms with Crippen LogP contribution in [0.1, 0.15) is 17.0 Å². The number of benzene rings is 1. The molecule has 26 heavy (non-hydrogen) atoms. The van der Waals surface area contributed by atoms with E-state index in [0.717, 1.165) is 29.7 Å². The molecule has 0 radical (unpaired) electrons. The number of aliphatic hydroxyl groups excluding tert-OH is 1. The van der Waals surface area contributed by atoms with Crippen LogP contribution in [-0.2, 0) is 12.8 Å². The number of rotatable bonds is 7. The number of imidazole rings is 1. The Labute approximate surface area is 151 Å². The zero-order valence-corrected chi connectivity index (χ0v) is 14.8. The summed E-state index contributed by atoms with van der Waals surface area (Å²) in [4.78, 5) is 12.1. The summed E-state index contributed by atoms with van der Waals surface area (Å²) in [5, 5.41) is 9.92. The summed E-state index contributed by atoms with van der Waals surface area (Å²) in [5.74, 6) is 2.39. The van der Waals surface area contributed by atoms with Crippen LogP contribution in [0.15, 0.2) is 49.2 Å². The molecule has 0 spiro atoms. The number of aromatic nitrogens is 3. The molecule has 0 aliphatic carbocycles. The zero-order chi connectivity index (χ0) is 18.5. The van der Waals surface area contributed by atoms with E-state index < -0.39 is 0 Å². The van der Waals surface area contributed by atoms with E-state index in [1.165, 1.54) is 12.2 Å². The smallest absolute Gasteiger partial charge is 0.177 e. The summed E-state index contributed by atoms with van der Waals surface area (Å²) in [7, 11) is 3.25. The number of pyridine rings is 1. The highest BCUT2D eigenvalue weighted by molar-refractivity contribution is 5.75. The first-order chi connectivity index (χ1) is 12.6. The van der Waals surface area contributed by atoms with Gasteiger partial charge in [0.25, 0.3) is 0 Å². The number of H-pyrrole nitrogens is 1. The number of fused-ring (bicyclic) bond motifs is 1. The van der Waals surface area contributed by atoms with Gasteiger partial charge in [0.15, 0.2) is 17.1 Å². The molecule has 1 aromatic carbocycles. The van der Waals surface area contributed by atoms with Crippen molar-refractivity contribution < 1.29 is 14.6 Å². The summed E-state index contributed by atoms with van der Waals surface area (Å²) < 4.78 is 10.6. The molecule has 0 atom stereocenters. The van der Waals surface area contributed by atoms with Gasteiger partial charge >= 0.3 is 0 Å². The molecular weight excluding hydrogens is 330 g/mol. The van der Waals surface area contributed by atoms with Crippen molar-refractivity contribution in [3.63, 3.8) is 0 Å².